The van der Waals surface area contributed by atoms with E-state index in [0.29, 0.717) is 10.6 Å². The lowest BCUT2D eigenvalue weighted by Crippen LogP contribution is -2.28. The number of para-hydroxylation sites is 2. The van der Waals surface area contributed by atoms with E-state index >= 15 is 0 Å². The molecule has 1 N–H and O–H groups in total. The van der Waals surface area contributed by atoms with Gasteiger partial charge in [0.25, 0.3) is 0 Å². The maximum Gasteiger partial charge on any atom is 0.343 e. The van der Waals surface area contributed by atoms with E-state index in [-0.39, 0.29) is 14.8 Å². The molecule has 1 aromatic heterocycles. The molecule has 0 spiro atoms. The summed E-state index contributed by atoms with van der Waals surface area (Å²) >= 11 is 6.35. The molecule has 1 aliphatic rings. The molecule has 2 heterocycles. The Morgan fingerprint density at radius 3 is 2.58 bits per heavy atom. The minimum atomic E-state index is -0.370. The highest BCUT2D eigenvalue weighted by atomic mass is 35.5. The highest BCUT2D eigenvalue weighted by molar-refractivity contribution is 7.42. The average molecular weight is 387 g/mol. The van der Waals surface area contributed by atoms with Crippen LogP contribution >= 0.6 is 20.4 Å². The van der Waals surface area contributed by atoms with Gasteiger partial charge in [0.15, 0.2) is 0 Å². The summed E-state index contributed by atoms with van der Waals surface area (Å²) in [7, 11) is 1.64. The maximum absolute atomic E-state index is 12.6. The van der Waals surface area contributed by atoms with E-state index in [4.69, 9.17) is 16.1 Å². The second kappa shape index (κ2) is 6.63. The van der Waals surface area contributed by atoms with E-state index in [0.717, 1.165) is 28.2 Å². The number of anilines is 2. The summed E-state index contributed by atoms with van der Waals surface area (Å²) in [5.41, 5.74) is 7.66. The second-order valence-corrected chi connectivity index (χ2v) is 7.14. The van der Waals surface area contributed by atoms with Crippen LogP contribution in [0.5, 0.6) is 0 Å². The number of hydrazine groups is 1. The number of hydrogen-bond acceptors (Lipinski definition) is 5. The second-order valence-electron chi connectivity index (χ2n) is 5.85. The molecule has 0 bridgehead atoms. The summed E-state index contributed by atoms with van der Waals surface area (Å²) in [6.07, 6.45) is 0. The molecule has 4 rings (SSSR count). The molecule has 1 unspecified atom stereocenters. The lowest BCUT2D eigenvalue weighted by atomic mass is 10.2. The summed E-state index contributed by atoms with van der Waals surface area (Å²) < 4.78 is 7.33. The van der Waals surface area contributed by atoms with Crippen molar-refractivity contribution in [1.29, 1.82) is 0 Å². The normalized spacial score (nSPS) is 14.6. The van der Waals surface area contributed by atoms with Gasteiger partial charge < -0.3 is 4.52 Å². The van der Waals surface area contributed by atoms with Crippen LogP contribution in [0.2, 0.25) is 5.02 Å². The van der Waals surface area contributed by atoms with E-state index in [1.54, 1.807) is 21.8 Å². The van der Waals surface area contributed by atoms with Gasteiger partial charge in [0.2, 0.25) is 0 Å². The number of halogens is 1. The molecule has 3 aromatic rings. The van der Waals surface area contributed by atoms with Crippen LogP contribution in [0.25, 0.3) is 5.69 Å². The number of rotatable bonds is 1. The van der Waals surface area contributed by atoms with Crippen molar-refractivity contribution in [2.24, 2.45) is 0 Å². The minimum Gasteiger partial charge on any atom is -0.438 e. The zero-order valence-corrected chi connectivity index (χ0v) is 15.9. The minimum absolute atomic E-state index is 0.216. The molecule has 132 valence electrons. The van der Waals surface area contributed by atoms with Crippen LogP contribution in [0, 0.1) is 6.92 Å². The molecule has 0 radical (unpaired) electrons. The monoisotopic (exact) mass is 386 g/mol. The Labute approximate surface area is 157 Å². The quantitative estimate of drug-likeness (QED) is 0.646. The zero-order chi connectivity index (χ0) is 18.3. The molecule has 8 heteroatoms. The van der Waals surface area contributed by atoms with Gasteiger partial charge in [0.05, 0.1) is 27.7 Å². The Bertz CT molecular complexity index is 1000. The first-order valence-corrected chi connectivity index (χ1v) is 9.26. The summed E-state index contributed by atoms with van der Waals surface area (Å²) in [5, 5.41) is 6.99. The standard InChI is InChI=1S/C18H16ClN4O2P/c1-11-16-17(23(20-11)15-10-6-4-8-13(15)19)26-25-18(24)12-7-3-5-9-14(12)22(2)21-16/h3-10,21,26H,1-2H3. The lowest BCUT2D eigenvalue weighted by Gasteiger charge is -2.22. The van der Waals surface area contributed by atoms with Crippen LogP contribution in [0.15, 0.2) is 48.5 Å². The summed E-state index contributed by atoms with van der Waals surface area (Å²) in [4.78, 5) is 12.6. The first-order chi connectivity index (χ1) is 12.6. The first-order valence-electron chi connectivity index (χ1n) is 7.97. The number of aromatic nitrogens is 2. The largest absolute Gasteiger partial charge is 0.438 e. The Morgan fingerprint density at radius 1 is 1.12 bits per heavy atom. The van der Waals surface area contributed by atoms with Crippen molar-refractivity contribution in [1.82, 2.24) is 9.78 Å². The molecule has 0 aliphatic carbocycles. The van der Waals surface area contributed by atoms with Crippen LogP contribution in [0.4, 0.5) is 11.4 Å². The zero-order valence-electron chi connectivity index (χ0n) is 14.2. The third-order valence-electron chi connectivity index (χ3n) is 4.15. The average Bonchev–Trinajstić information content (AvgIpc) is 2.97. The Morgan fingerprint density at radius 2 is 1.81 bits per heavy atom. The molecule has 0 fully saturated rings. The van der Waals surface area contributed by atoms with Crippen molar-refractivity contribution in [3.05, 3.63) is 64.8 Å². The van der Waals surface area contributed by atoms with Crippen molar-refractivity contribution in [3.8, 4) is 5.69 Å². The van der Waals surface area contributed by atoms with Gasteiger partial charge in [0.1, 0.15) is 19.9 Å². The van der Waals surface area contributed by atoms with Crippen molar-refractivity contribution in [2.75, 3.05) is 17.5 Å². The number of carbonyl (C=O) groups excluding carboxylic acids is 1. The van der Waals surface area contributed by atoms with Crippen LogP contribution in [0.3, 0.4) is 0 Å². The third-order valence-corrected chi connectivity index (χ3v) is 5.41. The summed E-state index contributed by atoms with van der Waals surface area (Å²) in [5.74, 6) is -0.370. The number of hydrogen-bond donors (Lipinski definition) is 1. The summed E-state index contributed by atoms with van der Waals surface area (Å²) in [6, 6.07) is 14.8. The number of benzene rings is 2. The van der Waals surface area contributed by atoms with Crippen molar-refractivity contribution < 1.29 is 9.32 Å². The van der Waals surface area contributed by atoms with E-state index in [1.165, 1.54) is 0 Å². The van der Waals surface area contributed by atoms with Crippen LogP contribution < -0.4 is 15.9 Å². The SMILES string of the molecule is Cc1nn(-c2ccccc2Cl)c2c1NN(C)c1ccccc1C(=O)OP2. The van der Waals surface area contributed by atoms with E-state index in [2.05, 4.69) is 10.5 Å². The molecule has 2 aromatic carbocycles. The Hall–Kier alpha value is -2.56. The van der Waals surface area contributed by atoms with Gasteiger partial charge in [-0.1, -0.05) is 35.9 Å². The number of carbonyl (C=O) groups is 1. The highest BCUT2D eigenvalue weighted by Gasteiger charge is 2.25. The van der Waals surface area contributed by atoms with Crippen LogP contribution in [0.1, 0.15) is 16.1 Å². The van der Waals surface area contributed by atoms with Crippen LogP contribution in [-0.2, 0) is 4.52 Å². The Balaban J connectivity index is 1.86. The lowest BCUT2D eigenvalue weighted by molar-refractivity contribution is 0.0763. The topological polar surface area (TPSA) is 59.4 Å². The van der Waals surface area contributed by atoms with Crippen molar-refractivity contribution in [2.45, 2.75) is 6.92 Å². The molecule has 0 amide bonds. The molecular formula is C18H16ClN4O2P. The van der Waals surface area contributed by atoms with Crippen LogP contribution in [-0.4, -0.2) is 22.8 Å². The molecule has 26 heavy (non-hydrogen) atoms. The fraction of sp³-hybridized carbons (Fsp3) is 0.111. The van der Waals surface area contributed by atoms with Gasteiger partial charge in [-0.2, -0.15) is 5.10 Å². The summed E-state index contributed by atoms with van der Waals surface area (Å²) in [6.45, 7) is 1.91. The highest BCUT2D eigenvalue weighted by Crippen LogP contribution is 2.32. The molecule has 1 atom stereocenters. The molecular weight excluding hydrogens is 371 g/mol. The van der Waals surface area contributed by atoms with Crippen molar-refractivity contribution >= 4 is 43.2 Å². The predicted molar refractivity (Wildman–Crippen MR) is 105 cm³/mol. The number of nitrogens with zero attached hydrogens (tertiary/aromatic N) is 3. The van der Waals surface area contributed by atoms with Gasteiger partial charge >= 0.3 is 5.97 Å². The van der Waals surface area contributed by atoms with Gasteiger partial charge in [-0.25, -0.2) is 9.48 Å². The fourth-order valence-corrected chi connectivity index (χ4v) is 3.98. The fourth-order valence-electron chi connectivity index (χ4n) is 2.87. The smallest absolute Gasteiger partial charge is 0.343 e. The molecule has 1 aliphatic heterocycles. The maximum atomic E-state index is 12.6. The van der Waals surface area contributed by atoms with E-state index < -0.39 is 0 Å². The van der Waals surface area contributed by atoms with Gasteiger partial charge in [0, 0.05) is 7.05 Å². The van der Waals surface area contributed by atoms with E-state index in [9.17, 15) is 4.79 Å². The molecule has 6 nitrogen and oxygen atoms in total. The number of nitrogens with one attached hydrogen (secondary N) is 1. The van der Waals surface area contributed by atoms with Gasteiger partial charge in [-0.15, -0.1) is 0 Å². The number of aryl methyl sites for hydroxylation is 1. The number of fused-ring (bicyclic) bond motifs is 2. The van der Waals surface area contributed by atoms with Gasteiger partial charge in [-0.3, -0.25) is 10.4 Å². The Kier molecular flexibility index (Phi) is 4.31. The van der Waals surface area contributed by atoms with Gasteiger partial charge in [-0.05, 0) is 31.2 Å². The predicted octanol–water partition coefficient (Wildman–Crippen LogP) is 3.69. The molecule has 0 saturated heterocycles. The van der Waals surface area contributed by atoms with E-state index in [1.807, 2.05) is 50.4 Å². The first kappa shape index (κ1) is 16.9. The third kappa shape index (κ3) is 2.81. The van der Waals surface area contributed by atoms with Crippen molar-refractivity contribution in [3.63, 3.8) is 0 Å². The molecule has 0 saturated carbocycles.